The van der Waals surface area contributed by atoms with Gasteiger partial charge in [-0.25, -0.2) is 0 Å². The number of allylic oxidation sites excluding steroid dienone is 1. The highest BCUT2D eigenvalue weighted by Gasteiger charge is 2.24. The molecule has 0 heterocycles. The van der Waals surface area contributed by atoms with Crippen LogP contribution in [0.25, 0.3) is 6.08 Å². The molecule has 0 aromatic heterocycles. The lowest BCUT2D eigenvalue weighted by Gasteiger charge is -1.95. The van der Waals surface area contributed by atoms with Gasteiger partial charge in [-0.1, -0.05) is 46.3 Å². The van der Waals surface area contributed by atoms with Crippen molar-refractivity contribution in [2.24, 2.45) is 0 Å². The number of hydrogen-bond donors (Lipinski definition) is 0. The van der Waals surface area contributed by atoms with Crippen LogP contribution in [0.3, 0.4) is 0 Å². The zero-order chi connectivity index (χ0) is 12.5. The molecule has 0 amide bonds. The van der Waals surface area contributed by atoms with E-state index in [4.69, 9.17) is 0 Å². The molecule has 0 N–H and O–H groups in total. The molecule has 0 aliphatic heterocycles. The SMILES string of the molecule is O=C1/C(=C/c2ccccc2)Cc2cc(Br)ccc21. The summed E-state index contributed by atoms with van der Waals surface area (Å²) in [7, 11) is 0. The summed E-state index contributed by atoms with van der Waals surface area (Å²) in [6.45, 7) is 0. The number of carbonyl (C=O) groups excluding carboxylic acids is 1. The van der Waals surface area contributed by atoms with Gasteiger partial charge in [-0.05, 0) is 35.4 Å². The van der Waals surface area contributed by atoms with E-state index in [1.165, 1.54) is 0 Å². The summed E-state index contributed by atoms with van der Waals surface area (Å²) in [5.41, 5.74) is 3.89. The Labute approximate surface area is 114 Å². The highest BCUT2D eigenvalue weighted by Crippen LogP contribution is 2.29. The van der Waals surface area contributed by atoms with Crippen LogP contribution in [-0.4, -0.2) is 5.78 Å². The minimum absolute atomic E-state index is 0.154. The van der Waals surface area contributed by atoms with Crippen molar-refractivity contribution in [2.75, 3.05) is 0 Å². The van der Waals surface area contributed by atoms with E-state index in [2.05, 4.69) is 15.9 Å². The number of carbonyl (C=O) groups is 1. The maximum atomic E-state index is 12.2. The van der Waals surface area contributed by atoms with Crippen molar-refractivity contribution in [2.45, 2.75) is 6.42 Å². The van der Waals surface area contributed by atoms with Crippen LogP contribution in [-0.2, 0) is 6.42 Å². The van der Waals surface area contributed by atoms with Crippen molar-refractivity contribution in [1.29, 1.82) is 0 Å². The number of benzene rings is 2. The molecule has 0 unspecified atom stereocenters. The fourth-order valence-electron chi connectivity index (χ4n) is 2.26. The van der Waals surface area contributed by atoms with Gasteiger partial charge in [-0.2, -0.15) is 0 Å². The van der Waals surface area contributed by atoms with Gasteiger partial charge in [0.25, 0.3) is 0 Å². The lowest BCUT2D eigenvalue weighted by molar-refractivity contribution is 0.104. The van der Waals surface area contributed by atoms with Gasteiger partial charge in [0.1, 0.15) is 0 Å². The van der Waals surface area contributed by atoms with Crippen molar-refractivity contribution in [3.63, 3.8) is 0 Å². The summed E-state index contributed by atoms with van der Waals surface area (Å²) in [5.74, 6) is 0.154. The summed E-state index contributed by atoms with van der Waals surface area (Å²) in [4.78, 5) is 12.2. The number of halogens is 1. The first-order valence-electron chi connectivity index (χ1n) is 5.83. The fraction of sp³-hybridized carbons (Fsp3) is 0.0625. The van der Waals surface area contributed by atoms with Gasteiger partial charge >= 0.3 is 0 Å². The first-order valence-corrected chi connectivity index (χ1v) is 6.62. The van der Waals surface area contributed by atoms with E-state index >= 15 is 0 Å². The molecule has 0 saturated heterocycles. The second-order valence-corrected chi connectivity index (χ2v) is 5.30. The quantitative estimate of drug-likeness (QED) is 0.719. The van der Waals surface area contributed by atoms with Crippen LogP contribution < -0.4 is 0 Å². The molecule has 3 rings (SSSR count). The lowest BCUT2D eigenvalue weighted by atomic mass is 10.1. The van der Waals surface area contributed by atoms with Crippen LogP contribution in [0.5, 0.6) is 0 Å². The average Bonchev–Trinajstić information content (AvgIpc) is 2.67. The van der Waals surface area contributed by atoms with Crippen molar-refractivity contribution < 1.29 is 4.79 Å². The molecule has 2 heteroatoms. The normalized spacial score (nSPS) is 16.1. The topological polar surface area (TPSA) is 17.1 Å². The molecule has 0 saturated carbocycles. The fourth-order valence-corrected chi connectivity index (χ4v) is 2.66. The highest BCUT2D eigenvalue weighted by atomic mass is 79.9. The first kappa shape index (κ1) is 11.4. The van der Waals surface area contributed by atoms with Crippen molar-refractivity contribution in [3.8, 4) is 0 Å². The van der Waals surface area contributed by atoms with E-state index < -0.39 is 0 Å². The maximum absolute atomic E-state index is 12.2. The third-order valence-corrected chi connectivity index (χ3v) is 3.62. The van der Waals surface area contributed by atoms with Crippen LogP contribution in [0.4, 0.5) is 0 Å². The number of rotatable bonds is 1. The molecular weight excluding hydrogens is 288 g/mol. The molecule has 2 aromatic carbocycles. The molecule has 0 fully saturated rings. The van der Waals surface area contributed by atoms with E-state index in [0.717, 1.165) is 33.2 Å². The molecule has 18 heavy (non-hydrogen) atoms. The Hall–Kier alpha value is -1.67. The Morgan fingerprint density at radius 3 is 2.61 bits per heavy atom. The van der Waals surface area contributed by atoms with Crippen LogP contribution >= 0.6 is 15.9 Å². The standard InChI is InChI=1S/C16H11BrO/c17-14-6-7-15-12(10-14)9-13(16(15)18)8-11-4-2-1-3-5-11/h1-8,10H,9H2/b13-8+. The van der Waals surface area contributed by atoms with Crippen molar-refractivity contribution in [1.82, 2.24) is 0 Å². The summed E-state index contributed by atoms with van der Waals surface area (Å²) >= 11 is 3.44. The molecule has 1 aliphatic rings. The average molecular weight is 299 g/mol. The summed E-state index contributed by atoms with van der Waals surface area (Å²) in [5, 5.41) is 0. The Morgan fingerprint density at radius 1 is 1.06 bits per heavy atom. The summed E-state index contributed by atoms with van der Waals surface area (Å²) < 4.78 is 1.02. The van der Waals surface area contributed by atoms with E-state index in [1.807, 2.05) is 54.6 Å². The predicted octanol–water partition coefficient (Wildman–Crippen LogP) is 4.27. The van der Waals surface area contributed by atoms with Gasteiger partial charge < -0.3 is 0 Å². The van der Waals surface area contributed by atoms with Gasteiger partial charge in [0, 0.05) is 22.0 Å². The number of Topliss-reactive ketones (excluding diaryl/α,β-unsaturated/α-hetero) is 1. The number of ketones is 1. The molecule has 88 valence electrons. The van der Waals surface area contributed by atoms with E-state index in [-0.39, 0.29) is 5.78 Å². The Morgan fingerprint density at radius 2 is 1.83 bits per heavy atom. The smallest absolute Gasteiger partial charge is 0.189 e. The van der Waals surface area contributed by atoms with Gasteiger partial charge in [-0.3, -0.25) is 4.79 Å². The van der Waals surface area contributed by atoms with Crippen molar-refractivity contribution in [3.05, 3.63) is 75.3 Å². The molecule has 0 atom stereocenters. The molecule has 0 radical (unpaired) electrons. The van der Waals surface area contributed by atoms with Crippen LogP contribution in [0.2, 0.25) is 0 Å². The van der Waals surface area contributed by atoms with Crippen LogP contribution in [0, 0.1) is 0 Å². The summed E-state index contributed by atoms with van der Waals surface area (Å²) in [6.07, 6.45) is 2.71. The second-order valence-electron chi connectivity index (χ2n) is 4.39. The van der Waals surface area contributed by atoms with Gasteiger partial charge in [0.05, 0.1) is 0 Å². The van der Waals surface area contributed by atoms with Crippen LogP contribution in [0.1, 0.15) is 21.5 Å². The molecule has 0 spiro atoms. The van der Waals surface area contributed by atoms with Gasteiger partial charge in [0.2, 0.25) is 0 Å². The Balaban J connectivity index is 2.00. The second kappa shape index (κ2) is 4.54. The van der Waals surface area contributed by atoms with Gasteiger partial charge in [0.15, 0.2) is 5.78 Å². The largest absolute Gasteiger partial charge is 0.289 e. The zero-order valence-corrected chi connectivity index (χ0v) is 11.3. The minimum Gasteiger partial charge on any atom is -0.289 e. The molecule has 2 aromatic rings. The zero-order valence-electron chi connectivity index (χ0n) is 9.69. The lowest BCUT2D eigenvalue weighted by Crippen LogP contribution is -1.94. The van der Waals surface area contributed by atoms with Crippen molar-refractivity contribution >= 4 is 27.8 Å². The molecule has 1 nitrogen and oxygen atoms in total. The first-order chi connectivity index (χ1) is 8.74. The Kier molecular flexibility index (Phi) is 2.88. The van der Waals surface area contributed by atoms with Gasteiger partial charge in [-0.15, -0.1) is 0 Å². The third kappa shape index (κ3) is 2.04. The monoisotopic (exact) mass is 298 g/mol. The van der Waals surface area contributed by atoms with E-state index in [0.29, 0.717) is 0 Å². The number of hydrogen-bond acceptors (Lipinski definition) is 1. The number of fused-ring (bicyclic) bond motifs is 1. The molecule has 0 bridgehead atoms. The third-order valence-electron chi connectivity index (χ3n) is 3.12. The van der Waals surface area contributed by atoms with E-state index in [9.17, 15) is 4.79 Å². The maximum Gasteiger partial charge on any atom is 0.189 e. The highest BCUT2D eigenvalue weighted by molar-refractivity contribution is 9.10. The molecule has 1 aliphatic carbocycles. The summed E-state index contributed by atoms with van der Waals surface area (Å²) in [6, 6.07) is 15.8. The minimum atomic E-state index is 0.154. The van der Waals surface area contributed by atoms with E-state index in [1.54, 1.807) is 0 Å². The predicted molar refractivity (Wildman–Crippen MR) is 76.6 cm³/mol. The molecular formula is C16H11BrO. The Bertz CT molecular complexity index is 641. The van der Waals surface area contributed by atoms with Crippen LogP contribution in [0.15, 0.2) is 58.6 Å².